The van der Waals surface area contributed by atoms with E-state index < -0.39 is 5.82 Å². The topological polar surface area (TPSA) is 41.5 Å². The summed E-state index contributed by atoms with van der Waals surface area (Å²) < 4.78 is 18.3. The Morgan fingerprint density at radius 3 is 2.76 bits per heavy atom. The maximum atomic E-state index is 12.9. The molecule has 4 heteroatoms. The van der Waals surface area contributed by atoms with Crippen LogP contribution in [0.4, 0.5) is 4.39 Å². The van der Waals surface area contributed by atoms with Gasteiger partial charge in [-0.2, -0.15) is 0 Å². The third-order valence-electron chi connectivity index (χ3n) is 2.15. The second kappa shape index (κ2) is 7.25. The molecule has 0 fully saturated rings. The number of rotatable bonds is 7. The summed E-state index contributed by atoms with van der Waals surface area (Å²) in [5.41, 5.74) is 0.728. The quantitative estimate of drug-likeness (QED) is 0.720. The average molecular weight is 241 g/mol. The molecule has 96 valence electrons. The fourth-order valence-electron chi connectivity index (χ4n) is 1.43. The highest BCUT2D eigenvalue weighted by atomic mass is 19.1. The molecule has 0 saturated heterocycles. The molecule has 0 bridgehead atoms. The molecule has 0 unspecified atom stereocenters. The number of halogens is 1. The van der Waals surface area contributed by atoms with Gasteiger partial charge in [0.2, 0.25) is 0 Å². The first kappa shape index (κ1) is 13.9. The van der Waals surface area contributed by atoms with E-state index in [1.807, 2.05) is 0 Å². The van der Waals surface area contributed by atoms with Crippen molar-refractivity contribution in [1.29, 1.82) is 0 Å². The van der Waals surface area contributed by atoms with Crippen molar-refractivity contribution in [2.75, 3.05) is 19.8 Å². The lowest BCUT2D eigenvalue weighted by atomic mass is 10.2. The van der Waals surface area contributed by atoms with Crippen LogP contribution >= 0.6 is 0 Å². The van der Waals surface area contributed by atoms with Crippen LogP contribution in [-0.2, 0) is 11.3 Å². The second-order valence-electron chi connectivity index (χ2n) is 4.46. The average Bonchev–Trinajstić information content (AvgIpc) is 2.21. The summed E-state index contributed by atoms with van der Waals surface area (Å²) in [6, 6.07) is 4.04. The fraction of sp³-hybridized carbons (Fsp3) is 0.538. The Bertz CT molecular complexity index is 322. The lowest BCUT2D eigenvalue weighted by Gasteiger charge is -2.08. The molecule has 17 heavy (non-hydrogen) atoms. The van der Waals surface area contributed by atoms with Crippen molar-refractivity contribution in [1.82, 2.24) is 5.32 Å². The summed E-state index contributed by atoms with van der Waals surface area (Å²) >= 11 is 0. The molecular formula is C13H20FNO2. The van der Waals surface area contributed by atoms with Crippen LogP contribution in [0.3, 0.4) is 0 Å². The highest BCUT2D eigenvalue weighted by Crippen LogP contribution is 2.14. The minimum Gasteiger partial charge on any atom is -0.508 e. The zero-order valence-electron chi connectivity index (χ0n) is 10.4. The molecule has 2 N–H and O–H groups in total. The third kappa shape index (κ3) is 6.24. The Balaban J connectivity index is 2.18. The summed E-state index contributed by atoms with van der Waals surface area (Å²) in [5.74, 6) is 0.0749. The van der Waals surface area contributed by atoms with E-state index in [4.69, 9.17) is 4.74 Å². The van der Waals surface area contributed by atoms with Crippen molar-refractivity contribution < 1.29 is 14.2 Å². The van der Waals surface area contributed by atoms with Crippen molar-refractivity contribution in [3.8, 4) is 5.75 Å². The molecule has 0 heterocycles. The van der Waals surface area contributed by atoms with E-state index in [0.717, 1.165) is 18.2 Å². The summed E-state index contributed by atoms with van der Waals surface area (Å²) in [7, 11) is 0. The van der Waals surface area contributed by atoms with Crippen LogP contribution in [0.2, 0.25) is 0 Å². The number of aromatic hydroxyl groups is 1. The van der Waals surface area contributed by atoms with Gasteiger partial charge >= 0.3 is 0 Å². The van der Waals surface area contributed by atoms with Crippen molar-refractivity contribution in [3.63, 3.8) is 0 Å². The molecule has 3 nitrogen and oxygen atoms in total. The molecule has 0 amide bonds. The van der Waals surface area contributed by atoms with Crippen LogP contribution < -0.4 is 5.32 Å². The maximum Gasteiger partial charge on any atom is 0.127 e. The van der Waals surface area contributed by atoms with Crippen LogP contribution in [0.25, 0.3) is 0 Å². The molecule has 0 spiro atoms. The van der Waals surface area contributed by atoms with Crippen molar-refractivity contribution >= 4 is 0 Å². The van der Waals surface area contributed by atoms with Gasteiger partial charge in [-0.15, -0.1) is 0 Å². The fourth-order valence-corrected chi connectivity index (χ4v) is 1.43. The Labute approximate surface area is 102 Å². The zero-order valence-corrected chi connectivity index (χ0v) is 10.4. The molecule has 0 aliphatic rings. The van der Waals surface area contributed by atoms with Gasteiger partial charge in [0, 0.05) is 25.8 Å². The summed E-state index contributed by atoms with van der Waals surface area (Å²) in [6.45, 7) is 6.83. The number of benzene rings is 1. The van der Waals surface area contributed by atoms with E-state index >= 15 is 0 Å². The molecule has 0 radical (unpaired) electrons. The first-order valence-electron chi connectivity index (χ1n) is 5.85. The van der Waals surface area contributed by atoms with E-state index in [9.17, 15) is 9.50 Å². The number of hydrogen-bond donors (Lipinski definition) is 2. The van der Waals surface area contributed by atoms with Crippen molar-refractivity contribution in [3.05, 3.63) is 29.6 Å². The Hall–Kier alpha value is -1.13. The van der Waals surface area contributed by atoms with Crippen LogP contribution in [-0.4, -0.2) is 24.9 Å². The number of phenolic OH excluding ortho intramolecular Hbond substituents is 1. The van der Waals surface area contributed by atoms with Gasteiger partial charge < -0.3 is 15.2 Å². The number of phenols is 1. The standard InChI is InChI=1S/C13H20FNO2/c1-10(2)9-17-4-3-15-8-11-5-12(14)7-13(16)6-11/h5-7,10,15-16H,3-4,8-9H2,1-2H3. The van der Waals surface area contributed by atoms with Gasteiger partial charge in [0.05, 0.1) is 6.61 Å². The van der Waals surface area contributed by atoms with Gasteiger partial charge in [0.1, 0.15) is 11.6 Å². The Morgan fingerprint density at radius 1 is 1.35 bits per heavy atom. The van der Waals surface area contributed by atoms with Crippen molar-refractivity contribution in [2.24, 2.45) is 5.92 Å². The second-order valence-corrected chi connectivity index (χ2v) is 4.46. The molecule has 1 rings (SSSR count). The van der Waals surface area contributed by atoms with Crippen molar-refractivity contribution in [2.45, 2.75) is 20.4 Å². The van der Waals surface area contributed by atoms with Gasteiger partial charge in [-0.3, -0.25) is 0 Å². The smallest absolute Gasteiger partial charge is 0.127 e. The zero-order chi connectivity index (χ0) is 12.7. The van der Waals surface area contributed by atoms with Crippen LogP contribution in [0.5, 0.6) is 5.75 Å². The molecule has 1 aromatic carbocycles. The summed E-state index contributed by atoms with van der Waals surface area (Å²) in [4.78, 5) is 0. The third-order valence-corrected chi connectivity index (χ3v) is 2.15. The van der Waals surface area contributed by atoms with Crippen LogP contribution in [0.15, 0.2) is 18.2 Å². The number of nitrogens with one attached hydrogen (secondary N) is 1. The van der Waals surface area contributed by atoms with E-state index in [2.05, 4.69) is 19.2 Å². The number of hydrogen-bond acceptors (Lipinski definition) is 3. The summed E-state index contributed by atoms with van der Waals surface area (Å²) in [5, 5.41) is 12.3. The largest absolute Gasteiger partial charge is 0.508 e. The van der Waals surface area contributed by atoms with E-state index in [1.165, 1.54) is 6.07 Å². The summed E-state index contributed by atoms with van der Waals surface area (Å²) in [6.07, 6.45) is 0. The molecule has 1 aromatic rings. The SMILES string of the molecule is CC(C)COCCNCc1cc(O)cc(F)c1. The highest BCUT2D eigenvalue weighted by Gasteiger charge is 1.99. The molecule has 0 saturated carbocycles. The highest BCUT2D eigenvalue weighted by molar-refractivity contribution is 5.28. The van der Waals surface area contributed by atoms with Gasteiger partial charge in [0.25, 0.3) is 0 Å². The van der Waals surface area contributed by atoms with Gasteiger partial charge in [-0.25, -0.2) is 4.39 Å². The number of ether oxygens (including phenoxy) is 1. The molecule has 0 aliphatic carbocycles. The van der Waals surface area contributed by atoms with Crippen LogP contribution in [0.1, 0.15) is 19.4 Å². The van der Waals surface area contributed by atoms with Gasteiger partial charge in [-0.1, -0.05) is 13.8 Å². The lowest BCUT2D eigenvalue weighted by Crippen LogP contribution is -2.20. The minimum atomic E-state index is -0.419. The monoisotopic (exact) mass is 241 g/mol. The molecule has 0 atom stereocenters. The predicted octanol–water partition coefficient (Wildman–Crippen LogP) is 2.29. The first-order chi connectivity index (χ1) is 8.08. The van der Waals surface area contributed by atoms with Gasteiger partial charge in [-0.05, 0) is 23.6 Å². The molecular weight excluding hydrogens is 221 g/mol. The maximum absolute atomic E-state index is 12.9. The lowest BCUT2D eigenvalue weighted by molar-refractivity contribution is 0.111. The van der Waals surface area contributed by atoms with E-state index in [-0.39, 0.29) is 5.75 Å². The molecule has 0 aromatic heterocycles. The normalized spacial score (nSPS) is 11.1. The minimum absolute atomic E-state index is 0.0437. The molecule has 0 aliphatic heterocycles. The Kier molecular flexibility index (Phi) is 5.94. The van der Waals surface area contributed by atoms with Crippen LogP contribution in [0, 0.1) is 11.7 Å². The first-order valence-corrected chi connectivity index (χ1v) is 5.85. The predicted molar refractivity (Wildman–Crippen MR) is 65.4 cm³/mol. The Morgan fingerprint density at radius 2 is 2.12 bits per heavy atom. The van der Waals surface area contributed by atoms with E-state index in [1.54, 1.807) is 6.07 Å². The van der Waals surface area contributed by atoms with E-state index in [0.29, 0.717) is 25.6 Å². The van der Waals surface area contributed by atoms with Gasteiger partial charge in [0.15, 0.2) is 0 Å².